The first-order valence-corrected chi connectivity index (χ1v) is 11.5. The molecule has 0 fully saturated rings. The Morgan fingerprint density at radius 2 is 1.64 bits per heavy atom. The first-order valence-electron chi connectivity index (χ1n) is 9.14. The van der Waals surface area contributed by atoms with Crippen LogP contribution in [0.15, 0.2) is 52.7 Å². The molecule has 0 atom stereocenters. The van der Waals surface area contributed by atoms with Crippen LogP contribution in [0.2, 0.25) is 0 Å². The normalized spacial score (nSPS) is 13.0. The van der Waals surface area contributed by atoms with Crippen molar-refractivity contribution in [3.63, 3.8) is 0 Å². The monoisotopic (exact) mass is 415 g/mol. The van der Waals surface area contributed by atoms with Crippen molar-refractivity contribution in [1.82, 2.24) is 4.98 Å². The molecule has 3 aromatic rings. The summed E-state index contributed by atoms with van der Waals surface area (Å²) in [6.45, 7) is 9.14. The first-order chi connectivity index (χ1) is 12.9. The highest BCUT2D eigenvalue weighted by Gasteiger charge is 2.42. The molecule has 3 rings (SSSR count). The molecule has 0 aliphatic rings. The molecule has 0 radical (unpaired) electrons. The van der Waals surface area contributed by atoms with Crippen LogP contribution >= 0.6 is 11.3 Å². The number of carbonyl (C=O) groups excluding carboxylic acids is 1. The SMILES string of the molecule is CC(C)(C)c1csc(CC(=O)C(C)(C)S(=O)(=O)c2ccc3ccccc3c2)n1. The van der Waals surface area contributed by atoms with E-state index in [0.717, 1.165) is 16.5 Å². The van der Waals surface area contributed by atoms with Gasteiger partial charge in [0.15, 0.2) is 15.6 Å². The average molecular weight is 416 g/mol. The summed E-state index contributed by atoms with van der Waals surface area (Å²) in [5, 5.41) is 4.38. The number of sulfone groups is 1. The number of nitrogens with zero attached hydrogens (tertiary/aromatic N) is 1. The number of rotatable bonds is 5. The third-order valence-corrected chi connectivity index (χ3v) is 8.30. The molecule has 0 N–H and O–H groups in total. The lowest BCUT2D eigenvalue weighted by Crippen LogP contribution is -2.41. The van der Waals surface area contributed by atoms with Gasteiger partial charge in [-0.25, -0.2) is 13.4 Å². The van der Waals surface area contributed by atoms with Crippen molar-refractivity contribution < 1.29 is 13.2 Å². The van der Waals surface area contributed by atoms with Gasteiger partial charge in [-0.1, -0.05) is 51.1 Å². The topological polar surface area (TPSA) is 64.1 Å². The Bertz CT molecular complexity index is 1140. The zero-order valence-corrected chi connectivity index (χ0v) is 18.4. The summed E-state index contributed by atoms with van der Waals surface area (Å²) in [5.41, 5.74) is 0.806. The van der Waals surface area contributed by atoms with E-state index < -0.39 is 14.6 Å². The lowest BCUT2D eigenvalue weighted by molar-refractivity contribution is -0.120. The average Bonchev–Trinajstić information content (AvgIpc) is 3.10. The van der Waals surface area contributed by atoms with Gasteiger partial charge in [-0.05, 0) is 36.8 Å². The number of carbonyl (C=O) groups is 1. The van der Waals surface area contributed by atoms with Crippen LogP contribution in [-0.4, -0.2) is 23.9 Å². The van der Waals surface area contributed by atoms with Gasteiger partial charge >= 0.3 is 0 Å². The maximum Gasteiger partial charge on any atom is 0.190 e. The van der Waals surface area contributed by atoms with Crippen LogP contribution < -0.4 is 0 Å². The van der Waals surface area contributed by atoms with Crippen molar-refractivity contribution in [1.29, 1.82) is 0 Å². The number of Topliss-reactive ketones (excluding diaryl/α,β-unsaturated/α-hetero) is 1. The molecular formula is C22H25NO3S2. The molecule has 1 aromatic heterocycles. The van der Waals surface area contributed by atoms with Crippen LogP contribution in [0, 0.1) is 0 Å². The van der Waals surface area contributed by atoms with Crippen LogP contribution in [-0.2, 0) is 26.5 Å². The van der Waals surface area contributed by atoms with Crippen molar-refractivity contribution in [2.45, 2.75) is 56.1 Å². The number of hydrogen-bond donors (Lipinski definition) is 0. The quantitative estimate of drug-likeness (QED) is 0.591. The zero-order chi connectivity index (χ0) is 20.7. The number of hydrogen-bond acceptors (Lipinski definition) is 5. The van der Waals surface area contributed by atoms with Gasteiger partial charge in [-0.2, -0.15) is 0 Å². The van der Waals surface area contributed by atoms with Gasteiger partial charge in [0.05, 0.1) is 17.0 Å². The van der Waals surface area contributed by atoms with Gasteiger partial charge < -0.3 is 0 Å². The van der Waals surface area contributed by atoms with Crippen LogP contribution in [0.25, 0.3) is 10.8 Å². The second kappa shape index (κ2) is 7.08. The Labute approximate surface area is 170 Å². The van der Waals surface area contributed by atoms with Gasteiger partial charge in [0.2, 0.25) is 0 Å². The maximum absolute atomic E-state index is 13.3. The Morgan fingerprint density at radius 1 is 1.00 bits per heavy atom. The third-order valence-electron chi connectivity index (χ3n) is 5.01. The summed E-state index contributed by atoms with van der Waals surface area (Å²) in [6.07, 6.45) is 0.0144. The highest BCUT2D eigenvalue weighted by Crippen LogP contribution is 2.31. The number of benzene rings is 2. The van der Waals surface area contributed by atoms with Gasteiger partial charge in [-0.15, -0.1) is 11.3 Å². The molecule has 1 heterocycles. The number of fused-ring (bicyclic) bond motifs is 1. The van der Waals surface area contributed by atoms with E-state index in [-0.39, 0.29) is 22.5 Å². The van der Waals surface area contributed by atoms with Gasteiger partial charge in [-0.3, -0.25) is 4.79 Å². The Morgan fingerprint density at radius 3 is 2.25 bits per heavy atom. The van der Waals surface area contributed by atoms with Crippen LogP contribution in [0.1, 0.15) is 45.3 Å². The Hall–Kier alpha value is -2.05. The first kappa shape index (κ1) is 20.7. The van der Waals surface area contributed by atoms with Gasteiger partial charge in [0.25, 0.3) is 0 Å². The van der Waals surface area contributed by atoms with E-state index in [1.165, 1.54) is 25.2 Å². The van der Waals surface area contributed by atoms with E-state index in [4.69, 9.17) is 0 Å². The smallest absolute Gasteiger partial charge is 0.190 e. The minimum Gasteiger partial charge on any atom is -0.297 e. The summed E-state index contributed by atoms with van der Waals surface area (Å²) in [6, 6.07) is 12.6. The molecule has 0 saturated heterocycles. The highest BCUT2D eigenvalue weighted by molar-refractivity contribution is 7.93. The van der Waals surface area contributed by atoms with E-state index in [1.807, 2.05) is 29.6 Å². The molecule has 2 aromatic carbocycles. The number of ketones is 1. The molecule has 0 unspecified atom stereocenters. The van der Waals surface area contributed by atoms with Crippen LogP contribution in [0.3, 0.4) is 0 Å². The lowest BCUT2D eigenvalue weighted by Gasteiger charge is -2.23. The molecule has 0 spiro atoms. The van der Waals surface area contributed by atoms with Crippen molar-refractivity contribution in [3.8, 4) is 0 Å². The number of thiazole rings is 1. The van der Waals surface area contributed by atoms with Crippen molar-refractivity contribution in [3.05, 3.63) is 58.5 Å². The second-order valence-corrected chi connectivity index (χ2v) is 11.9. The maximum atomic E-state index is 13.3. The standard InChI is InChI=1S/C22H25NO3S2/c1-21(2,3)18-14-27-20(23-18)13-19(24)22(4,5)28(25,26)17-11-10-15-8-6-7-9-16(15)12-17/h6-12,14H,13H2,1-5H3. The summed E-state index contributed by atoms with van der Waals surface area (Å²) in [5.74, 6) is -0.351. The Balaban J connectivity index is 1.90. The van der Waals surface area contributed by atoms with Crippen molar-refractivity contribution >= 4 is 37.7 Å². The fourth-order valence-electron chi connectivity index (χ4n) is 2.87. The highest BCUT2D eigenvalue weighted by atomic mass is 32.2. The molecule has 0 aliphatic carbocycles. The van der Waals surface area contributed by atoms with Gasteiger partial charge in [0, 0.05) is 10.8 Å². The van der Waals surface area contributed by atoms with E-state index in [2.05, 4.69) is 25.8 Å². The molecule has 148 valence electrons. The predicted molar refractivity (Wildman–Crippen MR) is 115 cm³/mol. The van der Waals surface area contributed by atoms with Crippen LogP contribution in [0.4, 0.5) is 0 Å². The fraction of sp³-hybridized carbons (Fsp3) is 0.364. The summed E-state index contributed by atoms with van der Waals surface area (Å²) in [4.78, 5) is 17.7. The van der Waals surface area contributed by atoms with E-state index in [1.54, 1.807) is 18.2 Å². The largest absolute Gasteiger partial charge is 0.297 e. The van der Waals surface area contributed by atoms with E-state index in [0.29, 0.717) is 5.01 Å². The molecule has 0 aliphatic heterocycles. The summed E-state index contributed by atoms with van der Waals surface area (Å²) in [7, 11) is -3.84. The van der Waals surface area contributed by atoms with E-state index >= 15 is 0 Å². The lowest BCUT2D eigenvalue weighted by atomic mass is 9.93. The fourth-order valence-corrected chi connectivity index (χ4v) is 5.38. The summed E-state index contributed by atoms with van der Waals surface area (Å²) < 4.78 is 25.0. The number of aromatic nitrogens is 1. The third kappa shape index (κ3) is 3.76. The van der Waals surface area contributed by atoms with Crippen molar-refractivity contribution in [2.75, 3.05) is 0 Å². The summed E-state index contributed by atoms with van der Waals surface area (Å²) >= 11 is 1.40. The molecule has 0 saturated carbocycles. The minimum atomic E-state index is -3.84. The minimum absolute atomic E-state index is 0.0144. The van der Waals surface area contributed by atoms with E-state index in [9.17, 15) is 13.2 Å². The molecule has 28 heavy (non-hydrogen) atoms. The molecule has 6 heteroatoms. The Kier molecular flexibility index (Phi) is 5.23. The zero-order valence-electron chi connectivity index (χ0n) is 16.8. The second-order valence-electron chi connectivity index (χ2n) is 8.50. The molecular weight excluding hydrogens is 390 g/mol. The molecule has 0 bridgehead atoms. The van der Waals surface area contributed by atoms with Crippen LogP contribution in [0.5, 0.6) is 0 Å². The molecule has 0 amide bonds. The predicted octanol–water partition coefficient (Wildman–Crippen LogP) is 4.96. The molecule has 4 nitrogen and oxygen atoms in total. The van der Waals surface area contributed by atoms with Gasteiger partial charge in [0.1, 0.15) is 9.75 Å². The van der Waals surface area contributed by atoms with Crippen molar-refractivity contribution in [2.24, 2.45) is 0 Å².